The van der Waals surface area contributed by atoms with Crippen molar-refractivity contribution in [1.82, 2.24) is 0 Å². The molecule has 2 rings (SSSR count). The third-order valence-electron chi connectivity index (χ3n) is 3.95. The van der Waals surface area contributed by atoms with Crippen LogP contribution in [0.3, 0.4) is 0 Å². The topological polar surface area (TPSA) is 86.7 Å². The van der Waals surface area contributed by atoms with Crippen LogP contribution in [0.1, 0.15) is 44.6 Å². The molecule has 0 fully saturated rings. The maximum Gasteiger partial charge on any atom is 1.00 e. The van der Waals surface area contributed by atoms with Crippen molar-refractivity contribution in [3.05, 3.63) is 48.0 Å². The van der Waals surface area contributed by atoms with Gasteiger partial charge in [-0.15, -0.1) is 5.75 Å². The van der Waals surface area contributed by atoms with Gasteiger partial charge >= 0.3 is 51.4 Å². The average molecular weight is 403 g/mol. The molecule has 0 aliphatic heterocycles. The van der Waals surface area contributed by atoms with Crippen LogP contribution in [-0.2, 0) is 16.5 Å². The summed E-state index contributed by atoms with van der Waals surface area (Å²) in [5.41, 5.74) is 0.783. The van der Waals surface area contributed by atoms with Crippen LogP contribution in [0.25, 0.3) is 0 Å². The summed E-state index contributed by atoms with van der Waals surface area (Å²) in [6, 6.07) is 10.3. The fourth-order valence-electron chi connectivity index (χ4n) is 2.54. The average Bonchev–Trinajstić information content (AvgIpc) is 2.56. The van der Waals surface area contributed by atoms with Gasteiger partial charge in [0.15, 0.2) is 0 Å². The van der Waals surface area contributed by atoms with Crippen molar-refractivity contribution >= 4 is 10.1 Å². The normalized spacial score (nSPS) is 11.0. The van der Waals surface area contributed by atoms with E-state index in [4.69, 9.17) is 9.29 Å². The summed E-state index contributed by atoms with van der Waals surface area (Å²) in [6.07, 6.45) is 6.53. The van der Waals surface area contributed by atoms with E-state index in [1.807, 2.05) is 0 Å². The molecule has 0 bridgehead atoms. The van der Waals surface area contributed by atoms with Gasteiger partial charge in [0.1, 0.15) is 11.5 Å². The van der Waals surface area contributed by atoms with E-state index in [2.05, 4.69) is 6.92 Å². The summed E-state index contributed by atoms with van der Waals surface area (Å²) in [5, 5.41) is 12.1. The van der Waals surface area contributed by atoms with Crippen LogP contribution >= 0.6 is 0 Å². The molecule has 7 heteroatoms. The Morgan fingerprint density at radius 1 is 0.962 bits per heavy atom. The van der Waals surface area contributed by atoms with Gasteiger partial charge in [-0.05, 0) is 49.2 Å². The van der Waals surface area contributed by atoms with Gasteiger partial charge in [-0.1, -0.05) is 44.2 Å². The van der Waals surface area contributed by atoms with Crippen molar-refractivity contribution < 1.29 is 74.2 Å². The molecule has 0 saturated carbocycles. The second-order valence-electron chi connectivity index (χ2n) is 5.98. The van der Waals surface area contributed by atoms with E-state index >= 15 is 0 Å². The summed E-state index contributed by atoms with van der Waals surface area (Å²) < 4.78 is 36.5. The Bertz CT molecular complexity index is 788. The Kier molecular flexibility index (Phi) is 10.4. The van der Waals surface area contributed by atoms with Gasteiger partial charge in [-0.25, -0.2) is 0 Å². The third kappa shape index (κ3) is 7.68. The molecule has 2 aromatic rings. The van der Waals surface area contributed by atoms with Gasteiger partial charge in [0.25, 0.3) is 10.1 Å². The summed E-state index contributed by atoms with van der Waals surface area (Å²) >= 11 is 0. The first-order valence-corrected chi connectivity index (χ1v) is 9.89. The van der Waals surface area contributed by atoms with Crippen molar-refractivity contribution in [2.75, 3.05) is 0 Å². The van der Waals surface area contributed by atoms with E-state index in [9.17, 15) is 13.5 Å². The Labute approximate surface area is 198 Å². The smallest absolute Gasteiger partial charge is 0.872 e. The molecular formula is C19H23KO5S. The number of hydrogen-bond acceptors (Lipinski definition) is 4. The number of benzene rings is 2. The molecule has 0 aromatic heterocycles. The zero-order valence-corrected chi connectivity index (χ0v) is 19.2. The van der Waals surface area contributed by atoms with Crippen molar-refractivity contribution in [2.45, 2.75) is 50.3 Å². The summed E-state index contributed by atoms with van der Waals surface area (Å²) in [6.45, 7) is 2.17. The number of rotatable bonds is 9. The zero-order valence-electron chi connectivity index (χ0n) is 15.3. The van der Waals surface area contributed by atoms with E-state index < -0.39 is 10.1 Å². The summed E-state index contributed by atoms with van der Waals surface area (Å²) in [4.78, 5) is -0.206. The zero-order chi connectivity index (χ0) is 18.3. The first-order valence-electron chi connectivity index (χ1n) is 8.45. The third-order valence-corrected chi connectivity index (χ3v) is 4.81. The van der Waals surface area contributed by atoms with Crippen LogP contribution < -0.4 is 61.2 Å². The molecule has 26 heavy (non-hydrogen) atoms. The number of hydrogen-bond donors (Lipinski definition) is 1. The minimum atomic E-state index is -4.23. The fourth-order valence-corrected chi connectivity index (χ4v) is 3.02. The SMILES string of the molecule is CCCCCCCc1ccc(Oc2ccc(S(=O)(=O)O)cc2)cc1[O-].[K+]. The number of ether oxygens (including phenoxy) is 1. The predicted octanol–water partition coefficient (Wildman–Crippen LogP) is 1.32. The molecule has 0 unspecified atom stereocenters. The van der Waals surface area contributed by atoms with E-state index in [1.54, 1.807) is 12.1 Å². The van der Waals surface area contributed by atoms with Crippen LogP contribution in [0.15, 0.2) is 47.4 Å². The second kappa shape index (κ2) is 11.4. The maximum absolute atomic E-state index is 12.1. The molecule has 0 spiro atoms. The molecule has 0 atom stereocenters. The molecular weight excluding hydrogens is 379 g/mol. The minimum Gasteiger partial charge on any atom is -0.872 e. The van der Waals surface area contributed by atoms with E-state index in [0.29, 0.717) is 11.5 Å². The van der Waals surface area contributed by atoms with Crippen LogP contribution in [0.5, 0.6) is 17.2 Å². The Morgan fingerprint density at radius 3 is 2.15 bits per heavy atom. The maximum atomic E-state index is 12.1. The molecule has 0 amide bonds. The standard InChI is InChI=1S/C19H24O5S.K/c1-2-3-4-5-6-7-15-8-9-17(14-19(15)20)24-16-10-12-18(13-11-16)25(21,22)23;/h8-14,20H,2-7H2,1H3,(H,21,22,23);/q;+1/p-1. The van der Waals surface area contributed by atoms with Crippen molar-refractivity contribution in [2.24, 2.45) is 0 Å². The molecule has 1 N–H and O–H groups in total. The molecule has 0 heterocycles. The van der Waals surface area contributed by atoms with E-state index in [-0.39, 0.29) is 62.0 Å². The first kappa shape index (κ1) is 23.6. The van der Waals surface area contributed by atoms with Crippen molar-refractivity contribution in [3.63, 3.8) is 0 Å². The largest absolute Gasteiger partial charge is 1.00 e. The molecule has 5 nitrogen and oxygen atoms in total. The van der Waals surface area contributed by atoms with Crippen LogP contribution in [0.4, 0.5) is 0 Å². The van der Waals surface area contributed by atoms with Gasteiger partial charge in [0.05, 0.1) is 4.90 Å². The quantitative estimate of drug-likeness (QED) is 0.388. The Hall–Kier alpha value is -0.414. The predicted molar refractivity (Wildman–Crippen MR) is 94.7 cm³/mol. The minimum absolute atomic E-state index is 0. The van der Waals surface area contributed by atoms with Crippen molar-refractivity contribution in [1.29, 1.82) is 0 Å². The molecule has 0 aliphatic carbocycles. The summed E-state index contributed by atoms with van der Waals surface area (Å²) in [7, 11) is -4.23. The number of unbranched alkanes of at least 4 members (excludes halogenated alkanes) is 4. The van der Waals surface area contributed by atoms with Gasteiger partial charge in [-0.3, -0.25) is 4.55 Å². The van der Waals surface area contributed by atoms with Gasteiger partial charge in [-0.2, -0.15) is 8.42 Å². The van der Waals surface area contributed by atoms with Crippen molar-refractivity contribution in [3.8, 4) is 17.2 Å². The number of aryl methyl sites for hydroxylation is 1. The monoisotopic (exact) mass is 402 g/mol. The van der Waals surface area contributed by atoms with Gasteiger partial charge < -0.3 is 9.84 Å². The van der Waals surface area contributed by atoms with Crippen LogP contribution in [-0.4, -0.2) is 13.0 Å². The first-order chi connectivity index (χ1) is 11.9. The van der Waals surface area contributed by atoms with Crippen LogP contribution in [0.2, 0.25) is 0 Å². The molecule has 0 radical (unpaired) electrons. The molecule has 0 saturated heterocycles. The van der Waals surface area contributed by atoms with Crippen LogP contribution in [0, 0.1) is 0 Å². The molecule has 0 aliphatic rings. The van der Waals surface area contributed by atoms with E-state index in [1.165, 1.54) is 49.6 Å². The van der Waals surface area contributed by atoms with E-state index in [0.717, 1.165) is 24.8 Å². The molecule has 2 aromatic carbocycles. The Balaban J connectivity index is 0.00000338. The second-order valence-corrected chi connectivity index (χ2v) is 7.40. The summed E-state index contributed by atoms with van der Waals surface area (Å²) in [5.74, 6) is 0.737. The fraction of sp³-hybridized carbons (Fsp3) is 0.368. The molecule has 136 valence electrons. The van der Waals surface area contributed by atoms with Gasteiger partial charge in [0.2, 0.25) is 0 Å². The Morgan fingerprint density at radius 2 is 1.58 bits per heavy atom. The van der Waals surface area contributed by atoms with Gasteiger partial charge in [0, 0.05) is 0 Å².